The third-order valence-corrected chi connectivity index (χ3v) is 4.57. The summed E-state index contributed by atoms with van der Waals surface area (Å²) in [6, 6.07) is 11.7. The number of nitrogens with one attached hydrogen (secondary N) is 1. The van der Waals surface area contributed by atoms with Crippen molar-refractivity contribution in [1.82, 2.24) is 4.98 Å². The van der Waals surface area contributed by atoms with E-state index >= 15 is 0 Å². The number of aromatic nitrogens is 1. The zero-order valence-electron chi connectivity index (χ0n) is 10.9. The van der Waals surface area contributed by atoms with E-state index in [0.29, 0.717) is 11.0 Å². The lowest BCUT2D eigenvalue weighted by Crippen LogP contribution is -1.98. The van der Waals surface area contributed by atoms with Crippen LogP contribution in [-0.2, 0) is 6.54 Å². The van der Waals surface area contributed by atoms with Crippen LogP contribution in [0.25, 0.3) is 10.2 Å². The SMILES string of the molecule is Cc1nc2ccc(NCc3ccc(O)c(Br)c3)cc2s1. The molecular formula is C15H13BrN2OS. The van der Waals surface area contributed by atoms with Crippen LogP contribution in [-0.4, -0.2) is 10.1 Å². The second kappa shape index (κ2) is 5.42. The molecule has 0 saturated heterocycles. The van der Waals surface area contributed by atoms with Gasteiger partial charge in [-0.15, -0.1) is 11.3 Å². The van der Waals surface area contributed by atoms with Crippen LogP contribution in [0, 0.1) is 6.92 Å². The molecule has 3 rings (SSSR count). The summed E-state index contributed by atoms with van der Waals surface area (Å²) < 4.78 is 1.91. The highest BCUT2D eigenvalue weighted by atomic mass is 79.9. The van der Waals surface area contributed by atoms with Crippen molar-refractivity contribution in [3.05, 3.63) is 51.4 Å². The third kappa shape index (κ3) is 2.78. The Hall–Kier alpha value is -1.59. The van der Waals surface area contributed by atoms with Gasteiger partial charge in [0.1, 0.15) is 5.75 Å². The van der Waals surface area contributed by atoms with Crippen molar-refractivity contribution in [3.63, 3.8) is 0 Å². The largest absolute Gasteiger partial charge is 0.507 e. The molecule has 0 amide bonds. The maximum Gasteiger partial charge on any atom is 0.129 e. The van der Waals surface area contributed by atoms with Crippen molar-refractivity contribution in [3.8, 4) is 5.75 Å². The zero-order chi connectivity index (χ0) is 14.1. The maximum absolute atomic E-state index is 9.48. The van der Waals surface area contributed by atoms with Gasteiger partial charge in [0.05, 0.1) is 19.7 Å². The third-order valence-electron chi connectivity index (χ3n) is 3.00. The lowest BCUT2D eigenvalue weighted by Gasteiger charge is -2.07. The quantitative estimate of drug-likeness (QED) is 0.721. The van der Waals surface area contributed by atoms with Crippen molar-refractivity contribution in [2.24, 2.45) is 0 Å². The summed E-state index contributed by atoms with van der Waals surface area (Å²) in [5.74, 6) is 0.260. The summed E-state index contributed by atoms with van der Waals surface area (Å²) in [5, 5.41) is 13.9. The number of phenols is 1. The van der Waals surface area contributed by atoms with Gasteiger partial charge in [0.15, 0.2) is 0 Å². The first-order valence-electron chi connectivity index (χ1n) is 6.20. The van der Waals surface area contributed by atoms with Crippen LogP contribution < -0.4 is 5.32 Å². The van der Waals surface area contributed by atoms with Gasteiger partial charge in [0.2, 0.25) is 0 Å². The van der Waals surface area contributed by atoms with E-state index in [1.807, 2.05) is 31.2 Å². The van der Waals surface area contributed by atoms with E-state index in [0.717, 1.165) is 21.8 Å². The fourth-order valence-corrected chi connectivity index (χ4v) is 3.31. The predicted molar refractivity (Wildman–Crippen MR) is 87.5 cm³/mol. The van der Waals surface area contributed by atoms with Gasteiger partial charge in [-0.1, -0.05) is 6.07 Å². The minimum atomic E-state index is 0.260. The summed E-state index contributed by atoms with van der Waals surface area (Å²) in [6.45, 7) is 2.73. The number of aryl methyl sites for hydroxylation is 1. The van der Waals surface area contributed by atoms with Crippen LogP contribution >= 0.6 is 27.3 Å². The van der Waals surface area contributed by atoms with E-state index in [2.05, 4.69) is 32.3 Å². The Balaban J connectivity index is 1.77. The number of nitrogens with zero attached hydrogens (tertiary/aromatic N) is 1. The number of thiazole rings is 1. The van der Waals surface area contributed by atoms with Crippen molar-refractivity contribution < 1.29 is 5.11 Å². The lowest BCUT2D eigenvalue weighted by molar-refractivity contribution is 0.471. The van der Waals surface area contributed by atoms with Gasteiger partial charge in [-0.25, -0.2) is 4.98 Å². The number of hydrogen-bond acceptors (Lipinski definition) is 4. The van der Waals surface area contributed by atoms with E-state index in [9.17, 15) is 5.11 Å². The normalized spacial score (nSPS) is 10.9. The van der Waals surface area contributed by atoms with Gasteiger partial charge >= 0.3 is 0 Å². The molecule has 2 N–H and O–H groups in total. The molecule has 0 aliphatic rings. The van der Waals surface area contributed by atoms with Crippen molar-refractivity contribution in [2.45, 2.75) is 13.5 Å². The van der Waals surface area contributed by atoms with E-state index < -0.39 is 0 Å². The molecule has 0 unspecified atom stereocenters. The molecule has 102 valence electrons. The number of aromatic hydroxyl groups is 1. The number of rotatable bonds is 3. The highest BCUT2D eigenvalue weighted by Crippen LogP contribution is 2.26. The molecule has 1 aromatic heterocycles. The molecule has 0 spiro atoms. The molecule has 0 saturated carbocycles. The number of benzene rings is 2. The first kappa shape index (κ1) is 13.4. The fraction of sp³-hybridized carbons (Fsp3) is 0.133. The van der Waals surface area contributed by atoms with Crippen LogP contribution in [0.3, 0.4) is 0 Å². The Bertz CT molecular complexity index is 770. The molecule has 0 fully saturated rings. The summed E-state index contributed by atoms with van der Waals surface area (Å²) in [4.78, 5) is 4.45. The van der Waals surface area contributed by atoms with Crippen LogP contribution in [0.5, 0.6) is 5.75 Å². The highest BCUT2D eigenvalue weighted by Gasteiger charge is 2.03. The number of anilines is 1. The molecule has 0 atom stereocenters. The van der Waals surface area contributed by atoms with Crippen molar-refractivity contribution >= 4 is 43.2 Å². The Morgan fingerprint density at radius 2 is 2.10 bits per heavy atom. The maximum atomic E-state index is 9.48. The first-order chi connectivity index (χ1) is 9.61. The van der Waals surface area contributed by atoms with E-state index in [1.54, 1.807) is 17.4 Å². The minimum absolute atomic E-state index is 0.260. The molecule has 3 aromatic rings. The van der Waals surface area contributed by atoms with E-state index in [1.165, 1.54) is 4.70 Å². The molecular weight excluding hydrogens is 336 g/mol. The van der Waals surface area contributed by atoms with Crippen LogP contribution in [0.4, 0.5) is 5.69 Å². The van der Waals surface area contributed by atoms with Crippen LogP contribution in [0.15, 0.2) is 40.9 Å². The second-order valence-corrected chi connectivity index (χ2v) is 6.64. The van der Waals surface area contributed by atoms with Gasteiger partial charge < -0.3 is 10.4 Å². The van der Waals surface area contributed by atoms with Crippen molar-refractivity contribution in [2.75, 3.05) is 5.32 Å². The molecule has 0 aliphatic heterocycles. The Labute approximate surface area is 129 Å². The van der Waals surface area contributed by atoms with Crippen LogP contribution in [0.2, 0.25) is 0 Å². The molecule has 5 heteroatoms. The van der Waals surface area contributed by atoms with Gasteiger partial charge in [0, 0.05) is 12.2 Å². The summed E-state index contributed by atoms with van der Waals surface area (Å²) >= 11 is 5.02. The van der Waals surface area contributed by atoms with Gasteiger partial charge in [-0.05, 0) is 58.7 Å². The molecule has 0 radical (unpaired) electrons. The smallest absolute Gasteiger partial charge is 0.129 e. The second-order valence-electron chi connectivity index (χ2n) is 4.55. The summed E-state index contributed by atoms with van der Waals surface area (Å²) in [5.41, 5.74) is 3.23. The summed E-state index contributed by atoms with van der Waals surface area (Å²) in [6.07, 6.45) is 0. The average molecular weight is 349 g/mol. The monoisotopic (exact) mass is 348 g/mol. The standard InChI is InChI=1S/C15H13BrN2OS/c1-9-18-13-4-3-11(7-15(13)20-9)17-8-10-2-5-14(19)12(16)6-10/h2-7,17,19H,8H2,1H3. The van der Waals surface area contributed by atoms with Crippen molar-refractivity contribution in [1.29, 1.82) is 0 Å². The molecule has 20 heavy (non-hydrogen) atoms. The zero-order valence-corrected chi connectivity index (χ0v) is 13.3. The number of fused-ring (bicyclic) bond motifs is 1. The molecule has 0 aliphatic carbocycles. The Kier molecular flexibility index (Phi) is 3.63. The van der Waals surface area contributed by atoms with E-state index in [-0.39, 0.29) is 5.75 Å². The number of phenolic OH excluding ortho intramolecular Hbond substituents is 1. The molecule has 1 heterocycles. The van der Waals surface area contributed by atoms with Gasteiger partial charge in [0.25, 0.3) is 0 Å². The van der Waals surface area contributed by atoms with Gasteiger partial charge in [-0.3, -0.25) is 0 Å². The minimum Gasteiger partial charge on any atom is -0.507 e. The molecule has 2 aromatic carbocycles. The molecule has 0 bridgehead atoms. The number of halogens is 1. The average Bonchev–Trinajstić information content (AvgIpc) is 2.79. The Morgan fingerprint density at radius 3 is 2.90 bits per heavy atom. The summed E-state index contributed by atoms with van der Waals surface area (Å²) in [7, 11) is 0. The van der Waals surface area contributed by atoms with Crippen LogP contribution in [0.1, 0.15) is 10.6 Å². The highest BCUT2D eigenvalue weighted by molar-refractivity contribution is 9.10. The molecule has 3 nitrogen and oxygen atoms in total. The van der Waals surface area contributed by atoms with E-state index in [4.69, 9.17) is 0 Å². The lowest BCUT2D eigenvalue weighted by atomic mass is 10.2. The Morgan fingerprint density at radius 1 is 1.25 bits per heavy atom. The first-order valence-corrected chi connectivity index (χ1v) is 7.81. The van der Waals surface area contributed by atoms with Gasteiger partial charge in [-0.2, -0.15) is 0 Å². The fourth-order valence-electron chi connectivity index (χ4n) is 2.01. The predicted octanol–water partition coefficient (Wildman–Crippen LogP) is 4.68. The topological polar surface area (TPSA) is 45.2 Å². The number of hydrogen-bond donors (Lipinski definition) is 2.